The normalized spacial score (nSPS) is 17.2. The molecule has 2 aromatic heterocycles. The van der Waals surface area contributed by atoms with E-state index in [-0.39, 0.29) is 6.10 Å². The molecule has 1 aliphatic rings. The largest absolute Gasteiger partial charge is 0.425 e. The average molecular weight is 356 g/mol. The second-order valence-electron chi connectivity index (χ2n) is 6.04. The van der Waals surface area contributed by atoms with Gasteiger partial charge in [0.1, 0.15) is 0 Å². The van der Waals surface area contributed by atoms with Crippen LogP contribution in [0.4, 0.5) is 0 Å². The molecule has 0 amide bonds. The number of hydrogen-bond donors (Lipinski definition) is 0. The first-order chi connectivity index (χ1) is 12.3. The summed E-state index contributed by atoms with van der Waals surface area (Å²) in [7, 11) is 0. The van der Waals surface area contributed by atoms with Gasteiger partial charge in [-0.1, -0.05) is 42.1 Å². The number of nitrogens with zero attached hydrogens (tertiary/aromatic N) is 4. The highest BCUT2D eigenvalue weighted by molar-refractivity contribution is 7.98. The van der Waals surface area contributed by atoms with Crippen molar-refractivity contribution in [1.82, 2.24) is 19.7 Å². The monoisotopic (exact) mass is 356 g/mol. The fourth-order valence-electron chi connectivity index (χ4n) is 3.00. The van der Waals surface area contributed by atoms with E-state index in [1.54, 1.807) is 18.7 Å². The molecule has 0 radical (unpaired) electrons. The van der Waals surface area contributed by atoms with E-state index in [0.29, 0.717) is 17.5 Å². The van der Waals surface area contributed by atoms with Crippen LogP contribution >= 0.6 is 11.8 Å². The summed E-state index contributed by atoms with van der Waals surface area (Å²) in [6, 6.07) is 10.3. The maximum atomic E-state index is 5.84. The Morgan fingerprint density at radius 3 is 2.84 bits per heavy atom. The van der Waals surface area contributed by atoms with Crippen molar-refractivity contribution in [2.45, 2.75) is 43.3 Å². The number of aryl methyl sites for hydroxylation is 1. The van der Waals surface area contributed by atoms with Crippen molar-refractivity contribution in [2.75, 3.05) is 6.61 Å². The van der Waals surface area contributed by atoms with Gasteiger partial charge in [0.25, 0.3) is 0 Å². The molecule has 25 heavy (non-hydrogen) atoms. The minimum absolute atomic E-state index is 0.252. The Balaban J connectivity index is 1.59. The van der Waals surface area contributed by atoms with Crippen molar-refractivity contribution < 1.29 is 9.15 Å². The lowest BCUT2D eigenvalue weighted by Crippen LogP contribution is -2.16. The summed E-state index contributed by atoms with van der Waals surface area (Å²) in [6.45, 7) is 3.46. The number of hydrogen-bond acceptors (Lipinski definition) is 6. The van der Waals surface area contributed by atoms with Gasteiger partial charge in [-0.25, -0.2) is 4.98 Å². The lowest BCUT2D eigenvalue weighted by Gasteiger charge is -2.15. The lowest BCUT2D eigenvalue weighted by atomic mass is 10.1. The van der Waals surface area contributed by atoms with Crippen LogP contribution in [0.1, 0.15) is 24.6 Å². The molecule has 7 heteroatoms. The van der Waals surface area contributed by atoms with Crippen LogP contribution < -0.4 is 0 Å². The molecule has 1 fully saturated rings. The maximum Gasteiger partial charge on any atom is 0.226 e. The van der Waals surface area contributed by atoms with E-state index in [9.17, 15) is 0 Å². The topological polar surface area (TPSA) is 66.0 Å². The first kappa shape index (κ1) is 16.4. The number of thioether (sulfide) groups is 1. The molecule has 1 unspecified atom stereocenters. The number of rotatable bonds is 6. The molecule has 0 saturated carbocycles. The molecule has 4 rings (SSSR count). The summed E-state index contributed by atoms with van der Waals surface area (Å²) in [5, 5.41) is 8.89. The molecule has 3 heterocycles. The molecular weight excluding hydrogens is 336 g/mol. The summed E-state index contributed by atoms with van der Waals surface area (Å²) in [5.41, 5.74) is 2.27. The van der Waals surface area contributed by atoms with Crippen LogP contribution in [0, 0.1) is 6.92 Å². The number of benzene rings is 1. The second kappa shape index (κ2) is 7.41. The van der Waals surface area contributed by atoms with Crippen LogP contribution in [0.15, 0.2) is 46.1 Å². The third kappa shape index (κ3) is 3.77. The molecule has 1 aromatic carbocycles. The molecule has 6 nitrogen and oxygen atoms in total. The zero-order valence-electron chi connectivity index (χ0n) is 14.1. The van der Waals surface area contributed by atoms with E-state index in [2.05, 4.69) is 31.9 Å². The van der Waals surface area contributed by atoms with Gasteiger partial charge in [0, 0.05) is 13.5 Å². The Hall–Kier alpha value is -2.12. The van der Waals surface area contributed by atoms with E-state index < -0.39 is 0 Å². The van der Waals surface area contributed by atoms with Gasteiger partial charge in [-0.15, -0.1) is 10.2 Å². The minimum Gasteiger partial charge on any atom is -0.425 e. The van der Waals surface area contributed by atoms with Crippen molar-refractivity contribution in [3.05, 3.63) is 48.3 Å². The lowest BCUT2D eigenvalue weighted by molar-refractivity contribution is 0.0954. The maximum absolute atomic E-state index is 5.84. The Morgan fingerprint density at radius 2 is 2.12 bits per heavy atom. The summed E-state index contributed by atoms with van der Waals surface area (Å²) < 4.78 is 13.6. The molecule has 3 aromatic rings. The zero-order chi connectivity index (χ0) is 17.1. The van der Waals surface area contributed by atoms with Gasteiger partial charge in [0.15, 0.2) is 5.16 Å². The number of ether oxygens (including phenoxy) is 1. The summed E-state index contributed by atoms with van der Waals surface area (Å²) in [6.07, 6.45) is 4.41. The van der Waals surface area contributed by atoms with Crippen molar-refractivity contribution in [3.63, 3.8) is 0 Å². The molecule has 0 aliphatic carbocycles. The average Bonchev–Trinajstić information content (AvgIpc) is 3.36. The first-order valence-corrected chi connectivity index (χ1v) is 9.42. The Morgan fingerprint density at radius 1 is 1.24 bits per heavy atom. The molecular formula is C18H20N4O2S. The van der Waals surface area contributed by atoms with Gasteiger partial charge in [-0.2, -0.15) is 0 Å². The van der Waals surface area contributed by atoms with E-state index in [1.165, 1.54) is 0 Å². The predicted octanol–water partition coefficient (Wildman–Crippen LogP) is 3.71. The third-order valence-electron chi connectivity index (χ3n) is 4.19. The SMILES string of the molecule is Cc1nnc(CSc2ncc(-c3ccccc3)n2CC2CCCO2)o1. The molecule has 130 valence electrons. The van der Waals surface area contributed by atoms with Gasteiger partial charge in [-0.05, 0) is 18.4 Å². The Kier molecular flexibility index (Phi) is 4.85. The zero-order valence-corrected chi connectivity index (χ0v) is 14.9. The number of imidazole rings is 1. The van der Waals surface area contributed by atoms with Gasteiger partial charge in [0.05, 0.1) is 30.3 Å². The van der Waals surface area contributed by atoms with Crippen molar-refractivity contribution in [1.29, 1.82) is 0 Å². The fraction of sp³-hybridized carbons (Fsp3) is 0.389. The summed E-state index contributed by atoms with van der Waals surface area (Å²) >= 11 is 1.61. The van der Waals surface area contributed by atoms with Crippen LogP contribution in [0.5, 0.6) is 0 Å². The molecule has 0 bridgehead atoms. The Labute approximate surface area is 150 Å². The van der Waals surface area contributed by atoms with Crippen molar-refractivity contribution in [3.8, 4) is 11.3 Å². The highest BCUT2D eigenvalue weighted by Gasteiger charge is 2.21. The van der Waals surface area contributed by atoms with E-state index in [4.69, 9.17) is 9.15 Å². The van der Waals surface area contributed by atoms with E-state index in [0.717, 1.165) is 42.4 Å². The highest BCUT2D eigenvalue weighted by Crippen LogP contribution is 2.29. The van der Waals surface area contributed by atoms with Gasteiger partial charge < -0.3 is 13.7 Å². The standard InChI is InChI=1S/C18H20N4O2S/c1-13-20-21-17(24-13)12-25-18-19-10-16(14-6-3-2-4-7-14)22(18)11-15-8-5-9-23-15/h2-4,6-7,10,15H,5,8-9,11-12H2,1H3. The third-order valence-corrected chi connectivity index (χ3v) is 5.17. The molecule has 1 saturated heterocycles. The molecule has 1 aliphatic heterocycles. The highest BCUT2D eigenvalue weighted by atomic mass is 32.2. The van der Waals surface area contributed by atoms with Crippen LogP contribution in [0.2, 0.25) is 0 Å². The number of aromatic nitrogens is 4. The predicted molar refractivity (Wildman–Crippen MR) is 95.2 cm³/mol. The minimum atomic E-state index is 0.252. The first-order valence-electron chi connectivity index (χ1n) is 8.44. The summed E-state index contributed by atoms with van der Waals surface area (Å²) in [5.74, 6) is 1.82. The van der Waals surface area contributed by atoms with Crippen molar-refractivity contribution in [2.24, 2.45) is 0 Å². The van der Waals surface area contributed by atoms with Gasteiger partial charge in [0.2, 0.25) is 11.8 Å². The molecule has 0 N–H and O–H groups in total. The summed E-state index contributed by atoms with van der Waals surface area (Å²) in [4.78, 5) is 4.64. The smallest absolute Gasteiger partial charge is 0.226 e. The second-order valence-corrected chi connectivity index (χ2v) is 6.98. The van der Waals surface area contributed by atoms with Crippen LogP contribution in [-0.2, 0) is 17.0 Å². The van der Waals surface area contributed by atoms with Gasteiger partial charge >= 0.3 is 0 Å². The van der Waals surface area contributed by atoms with Crippen molar-refractivity contribution >= 4 is 11.8 Å². The Bertz CT molecular complexity index is 825. The van der Waals surface area contributed by atoms with Crippen LogP contribution in [0.3, 0.4) is 0 Å². The molecule has 1 atom stereocenters. The van der Waals surface area contributed by atoms with E-state index in [1.807, 2.05) is 24.4 Å². The quantitative estimate of drug-likeness (QED) is 0.627. The fourth-order valence-corrected chi connectivity index (χ4v) is 3.83. The molecule has 0 spiro atoms. The van der Waals surface area contributed by atoms with Crippen LogP contribution in [0.25, 0.3) is 11.3 Å². The van der Waals surface area contributed by atoms with Crippen LogP contribution in [-0.4, -0.2) is 32.5 Å². The van der Waals surface area contributed by atoms with Gasteiger partial charge in [-0.3, -0.25) is 0 Å². The van der Waals surface area contributed by atoms with E-state index >= 15 is 0 Å².